The molecule has 0 atom stereocenters. The number of thiophene rings is 1. The van der Waals surface area contributed by atoms with Crippen LogP contribution in [-0.4, -0.2) is 6.54 Å². The number of nitrogens with two attached hydrogens (primary N) is 1. The first kappa shape index (κ1) is 9.00. The lowest BCUT2D eigenvalue weighted by Gasteiger charge is -1.99. The SMILES string of the molecule is NCCc1cccc2sc(Cl)cc12. The van der Waals surface area contributed by atoms with Crippen molar-refractivity contribution in [3.05, 3.63) is 34.2 Å². The standard InChI is InChI=1S/C10H10ClNS/c11-10-6-8-7(4-5-12)2-1-3-9(8)13-10/h1-3,6H,4-5,12H2. The Kier molecular flexibility index (Phi) is 2.54. The van der Waals surface area contributed by atoms with E-state index in [1.54, 1.807) is 11.3 Å². The van der Waals surface area contributed by atoms with Crippen molar-refractivity contribution >= 4 is 33.0 Å². The van der Waals surface area contributed by atoms with E-state index >= 15 is 0 Å². The summed E-state index contributed by atoms with van der Waals surface area (Å²) in [5, 5.41) is 1.25. The van der Waals surface area contributed by atoms with Crippen LogP contribution in [0.15, 0.2) is 24.3 Å². The molecule has 0 unspecified atom stereocenters. The zero-order chi connectivity index (χ0) is 9.26. The summed E-state index contributed by atoms with van der Waals surface area (Å²) in [4.78, 5) is 0. The second-order valence-electron chi connectivity index (χ2n) is 2.92. The average molecular weight is 212 g/mol. The highest BCUT2D eigenvalue weighted by Gasteiger charge is 2.03. The van der Waals surface area contributed by atoms with Crippen molar-refractivity contribution in [2.45, 2.75) is 6.42 Å². The Labute approximate surface area is 86.1 Å². The van der Waals surface area contributed by atoms with Gasteiger partial charge in [-0.15, -0.1) is 11.3 Å². The summed E-state index contributed by atoms with van der Waals surface area (Å²) in [7, 11) is 0. The molecule has 0 saturated carbocycles. The van der Waals surface area contributed by atoms with Crippen molar-refractivity contribution in [1.29, 1.82) is 0 Å². The zero-order valence-corrected chi connectivity index (χ0v) is 8.66. The minimum Gasteiger partial charge on any atom is -0.330 e. The molecule has 0 amide bonds. The molecule has 0 aliphatic rings. The maximum Gasteiger partial charge on any atom is 0.0940 e. The van der Waals surface area contributed by atoms with Crippen LogP contribution >= 0.6 is 22.9 Å². The number of fused-ring (bicyclic) bond motifs is 1. The summed E-state index contributed by atoms with van der Waals surface area (Å²) in [6, 6.07) is 8.27. The molecular formula is C10H10ClNS. The minimum absolute atomic E-state index is 0.687. The van der Waals surface area contributed by atoms with Crippen LogP contribution in [0.5, 0.6) is 0 Å². The fourth-order valence-electron chi connectivity index (χ4n) is 1.46. The molecule has 13 heavy (non-hydrogen) atoms. The van der Waals surface area contributed by atoms with Gasteiger partial charge in [0.15, 0.2) is 0 Å². The topological polar surface area (TPSA) is 26.0 Å². The molecule has 0 aliphatic carbocycles. The van der Waals surface area contributed by atoms with Crippen molar-refractivity contribution < 1.29 is 0 Å². The van der Waals surface area contributed by atoms with E-state index in [4.69, 9.17) is 17.3 Å². The zero-order valence-electron chi connectivity index (χ0n) is 7.09. The van der Waals surface area contributed by atoms with Gasteiger partial charge < -0.3 is 5.73 Å². The lowest BCUT2D eigenvalue weighted by atomic mass is 10.1. The van der Waals surface area contributed by atoms with E-state index in [0.29, 0.717) is 6.54 Å². The molecule has 1 nitrogen and oxygen atoms in total. The Morgan fingerprint density at radius 1 is 1.38 bits per heavy atom. The van der Waals surface area contributed by atoms with Crippen LogP contribution in [-0.2, 0) is 6.42 Å². The van der Waals surface area contributed by atoms with E-state index in [9.17, 15) is 0 Å². The summed E-state index contributed by atoms with van der Waals surface area (Å²) in [6.07, 6.45) is 0.921. The Bertz CT molecular complexity index is 422. The Morgan fingerprint density at radius 3 is 3.00 bits per heavy atom. The molecule has 68 valence electrons. The minimum atomic E-state index is 0.687. The predicted octanol–water partition coefficient (Wildman–Crippen LogP) is 3.06. The average Bonchev–Trinajstić information content (AvgIpc) is 2.47. The van der Waals surface area contributed by atoms with E-state index in [-0.39, 0.29) is 0 Å². The van der Waals surface area contributed by atoms with E-state index in [1.165, 1.54) is 15.6 Å². The molecule has 0 radical (unpaired) electrons. The van der Waals surface area contributed by atoms with Crippen LogP contribution in [0, 0.1) is 0 Å². The van der Waals surface area contributed by atoms with Crippen molar-refractivity contribution in [2.75, 3.05) is 6.54 Å². The van der Waals surface area contributed by atoms with Gasteiger partial charge in [0.2, 0.25) is 0 Å². The normalized spacial score (nSPS) is 10.9. The van der Waals surface area contributed by atoms with Gasteiger partial charge in [0.05, 0.1) is 4.34 Å². The van der Waals surface area contributed by atoms with Crippen molar-refractivity contribution in [2.24, 2.45) is 5.73 Å². The lowest BCUT2D eigenvalue weighted by molar-refractivity contribution is 0.978. The largest absolute Gasteiger partial charge is 0.330 e. The molecule has 3 heteroatoms. The molecule has 2 aromatic rings. The van der Waals surface area contributed by atoms with Gasteiger partial charge in [-0.25, -0.2) is 0 Å². The van der Waals surface area contributed by atoms with Gasteiger partial charge >= 0.3 is 0 Å². The molecule has 0 spiro atoms. The smallest absolute Gasteiger partial charge is 0.0940 e. The summed E-state index contributed by atoms with van der Waals surface area (Å²) in [5.74, 6) is 0. The van der Waals surface area contributed by atoms with E-state index in [0.717, 1.165) is 10.8 Å². The first-order valence-electron chi connectivity index (χ1n) is 4.18. The van der Waals surface area contributed by atoms with Crippen LogP contribution in [0.4, 0.5) is 0 Å². The van der Waals surface area contributed by atoms with Crippen LogP contribution in [0.2, 0.25) is 4.34 Å². The van der Waals surface area contributed by atoms with Crippen LogP contribution < -0.4 is 5.73 Å². The monoisotopic (exact) mass is 211 g/mol. The van der Waals surface area contributed by atoms with Gasteiger partial charge in [0.25, 0.3) is 0 Å². The fraction of sp³-hybridized carbons (Fsp3) is 0.200. The van der Waals surface area contributed by atoms with Crippen LogP contribution in [0.3, 0.4) is 0 Å². The number of halogens is 1. The molecule has 0 bridgehead atoms. The summed E-state index contributed by atoms with van der Waals surface area (Å²) >= 11 is 7.56. The van der Waals surface area contributed by atoms with Gasteiger partial charge in [0.1, 0.15) is 0 Å². The van der Waals surface area contributed by atoms with Crippen molar-refractivity contribution in [1.82, 2.24) is 0 Å². The van der Waals surface area contributed by atoms with Crippen molar-refractivity contribution in [3.8, 4) is 0 Å². The lowest BCUT2D eigenvalue weighted by Crippen LogP contribution is -2.02. The van der Waals surface area contributed by atoms with Gasteiger partial charge in [-0.1, -0.05) is 23.7 Å². The van der Waals surface area contributed by atoms with E-state index in [2.05, 4.69) is 18.2 Å². The Morgan fingerprint density at radius 2 is 2.23 bits per heavy atom. The molecule has 1 heterocycles. The number of hydrogen-bond donors (Lipinski definition) is 1. The second kappa shape index (κ2) is 3.66. The van der Waals surface area contributed by atoms with E-state index in [1.807, 2.05) is 6.07 Å². The highest BCUT2D eigenvalue weighted by atomic mass is 35.5. The molecule has 1 aromatic heterocycles. The number of hydrogen-bond acceptors (Lipinski definition) is 2. The summed E-state index contributed by atoms with van der Waals surface area (Å²) in [5.41, 5.74) is 6.82. The third-order valence-electron chi connectivity index (χ3n) is 2.04. The quantitative estimate of drug-likeness (QED) is 0.812. The van der Waals surface area contributed by atoms with Gasteiger partial charge in [-0.05, 0) is 36.0 Å². The Balaban J connectivity index is 2.60. The third kappa shape index (κ3) is 1.70. The third-order valence-corrected chi connectivity index (χ3v) is 3.26. The molecule has 0 saturated heterocycles. The summed E-state index contributed by atoms with van der Waals surface area (Å²) in [6.45, 7) is 0.687. The first-order valence-corrected chi connectivity index (χ1v) is 5.37. The molecule has 0 fully saturated rings. The van der Waals surface area contributed by atoms with Crippen LogP contribution in [0.1, 0.15) is 5.56 Å². The van der Waals surface area contributed by atoms with E-state index < -0.39 is 0 Å². The predicted molar refractivity (Wildman–Crippen MR) is 59.6 cm³/mol. The highest BCUT2D eigenvalue weighted by Crippen LogP contribution is 2.31. The molecular weight excluding hydrogens is 202 g/mol. The molecule has 2 rings (SSSR count). The second-order valence-corrected chi connectivity index (χ2v) is 4.63. The maximum atomic E-state index is 5.94. The highest BCUT2D eigenvalue weighted by molar-refractivity contribution is 7.22. The number of benzene rings is 1. The number of rotatable bonds is 2. The van der Waals surface area contributed by atoms with Crippen LogP contribution in [0.25, 0.3) is 10.1 Å². The van der Waals surface area contributed by atoms with Crippen molar-refractivity contribution in [3.63, 3.8) is 0 Å². The molecule has 2 N–H and O–H groups in total. The summed E-state index contributed by atoms with van der Waals surface area (Å²) < 4.78 is 2.09. The first-order chi connectivity index (χ1) is 6.31. The molecule has 1 aromatic carbocycles. The fourth-order valence-corrected chi connectivity index (χ4v) is 2.66. The van der Waals surface area contributed by atoms with Gasteiger partial charge in [0, 0.05) is 4.70 Å². The molecule has 0 aliphatic heterocycles. The van der Waals surface area contributed by atoms with Gasteiger partial charge in [-0.2, -0.15) is 0 Å². The maximum absolute atomic E-state index is 5.94. The van der Waals surface area contributed by atoms with Gasteiger partial charge in [-0.3, -0.25) is 0 Å². The Hall–Kier alpha value is -0.570.